The summed E-state index contributed by atoms with van der Waals surface area (Å²) in [5.74, 6) is -0.334. The highest BCUT2D eigenvalue weighted by Crippen LogP contribution is 2.25. The number of carbonyl (C=O) groups excluding carboxylic acids is 2. The van der Waals surface area contributed by atoms with Gasteiger partial charge in [0.05, 0.1) is 7.11 Å². The predicted octanol–water partition coefficient (Wildman–Crippen LogP) is 4.26. The van der Waals surface area contributed by atoms with E-state index in [1.54, 1.807) is 37.4 Å². The van der Waals surface area contributed by atoms with Crippen LogP contribution in [0.15, 0.2) is 48.5 Å². The summed E-state index contributed by atoms with van der Waals surface area (Å²) in [4.78, 5) is 24.0. The maximum atomic E-state index is 12.1. The number of hydrogen-bond acceptors (Lipinski definition) is 4. The zero-order valence-corrected chi connectivity index (χ0v) is 16.4. The molecule has 0 aromatic heterocycles. The molecule has 7 heteroatoms. The Labute approximate surface area is 167 Å². The molecule has 5 nitrogen and oxygen atoms in total. The lowest BCUT2D eigenvalue weighted by atomic mass is 10.2. The Hall–Kier alpha value is -2.50. The van der Waals surface area contributed by atoms with Crippen LogP contribution in [-0.4, -0.2) is 25.1 Å². The number of benzene rings is 2. The summed E-state index contributed by atoms with van der Waals surface area (Å²) < 4.78 is 10.2. The van der Waals surface area contributed by atoms with Gasteiger partial charge in [0.25, 0.3) is 5.91 Å². The smallest absolute Gasteiger partial charge is 0.331 e. The molecule has 27 heavy (non-hydrogen) atoms. The van der Waals surface area contributed by atoms with E-state index in [4.69, 9.17) is 32.7 Å². The van der Waals surface area contributed by atoms with Crippen LogP contribution in [0.1, 0.15) is 18.1 Å². The van der Waals surface area contributed by atoms with Gasteiger partial charge in [0.1, 0.15) is 5.75 Å². The average molecular weight is 408 g/mol. The minimum absolute atomic E-state index is 0.315. The monoisotopic (exact) mass is 407 g/mol. The molecule has 0 unspecified atom stereocenters. The van der Waals surface area contributed by atoms with Crippen LogP contribution in [0.3, 0.4) is 0 Å². The van der Waals surface area contributed by atoms with E-state index >= 15 is 0 Å². The topological polar surface area (TPSA) is 64.6 Å². The van der Waals surface area contributed by atoms with Crippen LogP contribution < -0.4 is 10.1 Å². The molecule has 142 valence electrons. The van der Waals surface area contributed by atoms with Crippen molar-refractivity contribution in [3.8, 4) is 5.75 Å². The van der Waals surface area contributed by atoms with E-state index in [9.17, 15) is 9.59 Å². The molecule has 0 saturated carbocycles. The average Bonchev–Trinajstić information content (AvgIpc) is 2.66. The number of hydrogen-bond donors (Lipinski definition) is 1. The van der Waals surface area contributed by atoms with Crippen molar-refractivity contribution in [3.63, 3.8) is 0 Å². The lowest BCUT2D eigenvalue weighted by molar-refractivity contribution is -0.150. The molecule has 0 spiro atoms. The van der Waals surface area contributed by atoms with Gasteiger partial charge in [-0.15, -0.1) is 0 Å². The van der Waals surface area contributed by atoms with Gasteiger partial charge in [-0.25, -0.2) is 4.79 Å². The Balaban J connectivity index is 1.85. The molecule has 1 atom stereocenters. The van der Waals surface area contributed by atoms with Crippen molar-refractivity contribution in [2.24, 2.45) is 0 Å². The van der Waals surface area contributed by atoms with Crippen LogP contribution in [0.4, 0.5) is 0 Å². The van der Waals surface area contributed by atoms with Crippen molar-refractivity contribution in [2.75, 3.05) is 7.11 Å². The molecule has 0 saturated heterocycles. The summed E-state index contributed by atoms with van der Waals surface area (Å²) in [6, 6.07) is 12.3. The molecule has 0 fully saturated rings. The van der Waals surface area contributed by atoms with Crippen molar-refractivity contribution in [2.45, 2.75) is 19.6 Å². The number of nitrogens with one attached hydrogen (secondary N) is 1. The minimum Gasteiger partial charge on any atom is -0.497 e. The summed E-state index contributed by atoms with van der Waals surface area (Å²) in [6.45, 7) is 1.81. The van der Waals surface area contributed by atoms with Gasteiger partial charge >= 0.3 is 5.97 Å². The second-order valence-electron chi connectivity index (χ2n) is 5.61. The molecule has 0 aliphatic carbocycles. The molecule has 1 amide bonds. The second kappa shape index (κ2) is 10.00. The van der Waals surface area contributed by atoms with Gasteiger partial charge in [-0.2, -0.15) is 0 Å². The molecule has 0 aliphatic heterocycles. The summed E-state index contributed by atoms with van der Waals surface area (Å²) >= 11 is 12.1. The van der Waals surface area contributed by atoms with Gasteiger partial charge in [-0.3, -0.25) is 4.79 Å². The van der Waals surface area contributed by atoms with E-state index in [0.29, 0.717) is 22.2 Å². The zero-order chi connectivity index (χ0) is 19.8. The summed E-state index contributed by atoms with van der Waals surface area (Å²) in [5, 5.41) is 3.54. The Bertz CT molecular complexity index is 814. The summed E-state index contributed by atoms with van der Waals surface area (Å²) in [7, 11) is 1.58. The van der Waals surface area contributed by atoms with Crippen LogP contribution in [0.2, 0.25) is 10.0 Å². The van der Waals surface area contributed by atoms with Gasteiger partial charge < -0.3 is 14.8 Å². The fourth-order valence-electron chi connectivity index (χ4n) is 2.16. The first-order valence-corrected chi connectivity index (χ1v) is 8.89. The van der Waals surface area contributed by atoms with Crippen LogP contribution in [0.25, 0.3) is 6.08 Å². The highest BCUT2D eigenvalue weighted by Gasteiger charge is 2.16. The highest BCUT2D eigenvalue weighted by molar-refractivity contribution is 6.37. The molecule has 0 aliphatic rings. The van der Waals surface area contributed by atoms with Gasteiger partial charge in [-0.05, 0) is 42.8 Å². The first-order chi connectivity index (χ1) is 12.9. The lowest BCUT2D eigenvalue weighted by Crippen LogP contribution is -2.35. The third kappa shape index (κ3) is 6.31. The van der Waals surface area contributed by atoms with Gasteiger partial charge in [-0.1, -0.05) is 41.4 Å². The van der Waals surface area contributed by atoms with Crippen molar-refractivity contribution in [1.82, 2.24) is 5.32 Å². The van der Waals surface area contributed by atoms with Gasteiger partial charge in [0, 0.05) is 28.2 Å². The Kier molecular flexibility index (Phi) is 7.70. The van der Waals surface area contributed by atoms with Crippen molar-refractivity contribution < 1.29 is 19.1 Å². The second-order valence-corrected chi connectivity index (χ2v) is 6.43. The van der Waals surface area contributed by atoms with Crippen molar-refractivity contribution >= 4 is 41.2 Å². The molecule has 0 heterocycles. The first kappa shape index (κ1) is 20.8. The van der Waals surface area contributed by atoms with E-state index in [1.165, 1.54) is 19.1 Å². The molecule has 2 aromatic rings. The Morgan fingerprint density at radius 1 is 1.11 bits per heavy atom. The minimum atomic E-state index is -0.942. The number of rotatable bonds is 7. The lowest BCUT2D eigenvalue weighted by Gasteiger charge is -2.12. The quantitative estimate of drug-likeness (QED) is 0.549. The number of methoxy groups -OCH3 is 1. The normalized spacial score (nSPS) is 11.9. The standard InChI is InChI=1S/C20H19Cl2NO4/c1-13(20(25)23-12-14-6-8-15(26-2)9-7-14)27-19(24)11-10-16-17(21)4-3-5-18(16)22/h3-11,13H,12H2,1-2H3,(H,23,25)/b11-10+/t13-/m1/s1. The Morgan fingerprint density at radius 2 is 1.74 bits per heavy atom. The van der Waals surface area contributed by atoms with E-state index in [0.717, 1.165) is 11.3 Å². The third-order valence-electron chi connectivity index (χ3n) is 3.67. The molecular weight excluding hydrogens is 389 g/mol. The summed E-state index contributed by atoms with van der Waals surface area (Å²) in [6.07, 6.45) is 1.69. The van der Waals surface area contributed by atoms with Crippen LogP contribution >= 0.6 is 23.2 Å². The SMILES string of the molecule is COc1ccc(CNC(=O)[C@@H](C)OC(=O)/C=C/c2c(Cl)cccc2Cl)cc1. The molecule has 0 bridgehead atoms. The van der Waals surface area contributed by atoms with E-state index in [1.807, 2.05) is 12.1 Å². The van der Waals surface area contributed by atoms with Crippen LogP contribution in [0.5, 0.6) is 5.75 Å². The van der Waals surface area contributed by atoms with E-state index in [-0.39, 0.29) is 0 Å². The van der Waals surface area contributed by atoms with E-state index in [2.05, 4.69) is 5.32 Å². The third-order valence-corrected chi connectivity index (χ3v) is 4.33. The number of halogens is 2. The molecule has 2 rings (SSSR count). The van der Waals surface area contributed by atoms with Gasteiger partial charge in [0.15, 0.2) is 6.10 Å². The molecular formula is C20H19Cl2NO4. The maximum absolute atomic E-state index is 12.1. The number of amides is 1. The highest BCUT2D eigenvalue weighted by atomic mass is 35.5. The number of carbonyl (C=O) groups is 2. The fourth-order valence-corrected chi connectivity index (χ4v) is 2.69. The summed E-state index contributed by atoms with van der Waals surface area (Å²) in [5.41, 5.74) is 1.41. The molecule has 2 aromatic carbocycles. The molecule has 0 radical (unpaired) electrons. The first-order valence-electron chi connectivity index (χ1n) is 8.14. The van der Waals surface area contributed by atoms with Crippen molar-refractivity contribution in [1.29, 1.82) is 0 Å². The largest absolute Gasteiger partial charge is 0.497 e. The zero-order valence-electron chi connectivity index (χ0n) is 14.9. The predicted molar refractivity (Wildman–Crippen MR) is 106 cm³/mol. The van der Waals surface area contributed by atoms with Crippen molar-refractivity contribution in [3.05, 3.63) is 69.7 Å². The fraction of sp³-hybridized carbons (Fsp3) is 0.200. The van der Waals surface area contributed by atoms with E-state index < -0.39 is 18.0 Å². The number of ether oxygens (including phenoxy) is 2. The van der Waals surface area contributed by atoms with Gasteiger partial charge in [0.2, 0.25) is 0 Å². The number of esters is 1. The van der Waals surface area contributed by atoms with Crippen LogP contribution in [0, 0.1) is 0 Å². The van der Waals surface area contributed by atoms with Crippen LogP contribution in [-0.2, 0) is 20.9 Å². The Morgan fingerprint density at radius 3 is 2.33 bits per heavy atom. The maximum Gasteiger partial charge on any atom is 0.331 e. The molecule has 1 N–H and O–H groups in total.